The van der Waals surface area contributed by atoms with E-state index in [0.717, 1.165) is 13.0 Å². The maximum absolute atomic E-state index is 5.63. The zero-order chi connectivity index (χ0) is 15.6. The van der Waals surface area contributed by atoms with Crippen LogP contribution >= 0.6 is 0 Å². The number of rotatable bonds is 17. The Balaban J connectivity index is 3.35. The molecule has 2 heteroatoms. The Bertz CT molecular complexity index is 174. The Morgan fingerprint density at radius 3 is 1.48 bits per heavy atom. The van der Waals surface area contributed by atoms with Gasteiger partial charge in [0, 0.05) is 0 Å². The van der Waals surface area contributed by atoms with Crippen LogP contribution in [0, 0.1) is 0 Å². The third kappa shape index (κ3) is 16.1. The lowest BCUT2D eigenvalue weighted by atomic mass is 10.1. The van der Waals surface area contributed by atoms with Crippen LogP contribution in [-0.4, -0.2) is 31.1 Å². The molecular formula is C19H42N2. The summed E-state index contributed by atoms with van der Waals surface area (Å²) in [6, 6.07) is 0. The van der Waals surface area contributed by atoms with Gasteiger partial charge in [-0.25, -0.2) is 0 Å². The van der Waals surface area contributed by atoms with Gasteiger partial charge in [-0.05, 0) is 45.4 Å². The van der Waals surface area contributed by atoms with E-state index in [1.54, 1.807) is 0 Å². The van der Waals surface area contributed by atoms with Crippen LogP contribution < -0.4 is 5.73 Å². The van der Waals surface area contributed by atoms with Crippen molar-refractivity contribution < 1.29 is 0 Å². The lowest BCUT2D eigenvalue weighted by molar-refractivity contribution is 0.261. The second-order valence-electron chi connectivity index (χ2n) is 6.52. The van der Waals surface area contributed by atoms with E-state index < -0.39 is 0 Å². The molecule has 21 heavy (non-hydrogen) atoms. The van der Waals surface area contributed by atoms with Gasteiger partial charge in [0.15, 0.2) is 0 Å². The normalized spacial score (nSPS) is 11.4. The van der Waals surface area contributed by atoms with Crippen LogP contribution in [0.4, 0.5) is 0 Å². The predicted molar refractivity (Wildman–Crippen MR) is 96.9 cm³/mol. The van der Waals surface area contributed by atoms with E-state index in [4.69, 9.17) is 5.73 Å². The van der Waals surface area contributed by atoms with Crippen LogP contribution in [0.5, 0.6) is 0 Å². The third-order valence-corrected chi connectivity index (χ3v) is 4.33. The molecule has 128 valence electrons. The second-order valence-corrected chi connectivity index (χ2v) is 6.52. The molecule has 0 radical (unpaired) electrons. The molecule has 0 spiro atoms. The van der Waals surface area contributed by atoms with E-state index in [2.05, 4.69) is 18.7 Å². The van der Waals surface area contributed by atoms with Gasteiger partial charge in [-0.1, -0.05) is 78.1 Å². The molecule has 0 aliphatic heterocycles. The van der Waals surface area contributed by atoms with Gasteiger partial charge in [0.25, 0.3) is 0 Å². The van der Waals surface area contributed by atoms with Crippen LogP contribution in [0.15, 0.2) is 0 Å². The first-order valence-electron chi connectivity index (χ1n) is 9.77. The lowest BCUT2D eigenvalue weighted by Gasteiger charge is -2.21. The topological polar surface area (TPSA) is 29.3 Å². The van der Waals surface area contributed by atoms with E-state index in [1.165, 1.54) is 96.7 Å². The molecule has 2 N–H and O–H groups in total. The van der Waals surface area contributed by atoms with E-state index in [1.807, 2.05) is 0 Å². The summed E-state index contributed by atoms with van der Waals surface area (Å²) in [5.41, 5.74) is 5.63. The monoisotopic (exact) mass is 298 g/mol. The van der Waals surface area contributed by atoms with Crippen LogP contribution in [0.25, 0.3) is 0 Å². The maximum atomic E-state index is 5.63. The molecule has 0 saturated heterocycles. The van der Waals surface area contributed by atoms with Crippen molar-refractivity contribution in [2.45, 2.75) is 97.3 Å². The lowest BCUT2D eigenvalue weighted by Crippen LogP contribution is -2.28. The Morgan fingerprint density at radius 1 is 0.524 bits per heavy atom. The number of hydrogen-bond donors (Lipinski definition) is 1. The van der Waals surface area contributed by atoms with Gasteiger partial charge in [-0.15, -0.1) is 0 Å². The van der Waals surface area contributed by atoms with Crippen LogP contribution in [-0.2, 0) is 0 Å². The number of unbranched alkanes of at least 4 members (excludes halogenated alkanes) is 10. The molecule has 0 aliphatic rings. The highest BCUT2D eigenvalue weighted by molar-refractivity contribution is 4.59. The van der Waals surface area contributed by atoms with Crippen LogP contribution in [0.2, 0.25) is 0 Å². The summed E-state index contributed by atoms with van der Waals surface area (Å²) in [7, 11) is 0. The molecule has 2 nitrogen and oxygen atoms in total. The fourth-order valence-electron chi connectivity index (χ4n) is 2.85. The van der Waals surface area contributed by atoms with Gasteiger partial charge in [-0.2, -0.15) is 0 Å². The first kappa shape index (κ1) is 20.9. The first-order valence-corrected chi connectivity index (χ1v) is 9.77. The van der Waals surface area contributed by atoms with E-state index in [9.17, 15) is 0 Å². The van der Waals surface area contributed by atoms with Gasteiger partial charge in [0.2, 0.25) is 0 Å². The van der Waals surface area contributed by atoms with Crippen molar-refractivity contribution in [3.05, 3.63) is 0 Å². The number of hydrogen-bond acceptors (Lipinski definition) is 2. The molecule has 0 heterocycles. The van der Waals surface area contributed by atoms with Gasteiger partial charge < -0.3 is 10.6 Å². The summed E-state index contributed by atoms with van der Waals surface area (Å²) in [4.78, 5) is 2.63. The molecule has 0 unspecified atom stereocenters. The SMILES string of the molecule is CCCCCCCCCCCCN(CCCC)CCCN. The van der Waals surface area contributed by atoms with Gasteiger partial charge in [0.1, 0.15) is 0 Å². The molecule has 0 saturated carbocycles. The van der Waals surface area contributed by atoms with Crippen LogP contribution in [0.1, 0.15) is 97.3 Å². The largest absolute Gasteiger partial charge is 0.330 e. The van der Waals surface area contributed by atoms with Crippen molar-refractivity contribution in [3.63, 3.8) is 0 Å². The highest BCUT2D eigenvalue weighted by atomic mass is 15.1. The highest BCUT2D eigenvalue weighted by Crippen LogP contribution is 2.11. The Morgan fingerprint density at radius 2 is 0.952 bits per heavy atom. The average Bonchev–Trinajstić information content (AvgIpc) is 2.51. The zero-order valence-corrected chi connectivity index (χ0v) is 15.0. The second kappa shape index (κ2) is 18.0. The molecule has 0 fully saturated rings. The van der Waals surface area contributed by atoms with E-state index in [-0.39, 0.29) is 0 Å². The maximum Gasteiger partial charge on any atom is -0.000672 e. The summed E-state index contributed by atoms with van der Waals surface area (Å²) in [5, 5.41) is 0. The molecule has 0 aromatic carbocycles. The minimum Gasteiger partial charge on any atom is -0.330 e. The molecule has 0 aromatic heterocycles. The minimum atomic E-state index is 0.834. The summed E-state index contributed by atoms with van der Waals surface area (Å²) >= 11 is 0. The zero-order valence-electron chi connectivity index (χ0n) is 15.0. The standard InChI is InChI=1S/C19H42N2/c1-3-5-7-8-9-10-11-12-13-14-18-21(17-6-4-2)19-15-16-20/h3-20H2,1-2H3. The van der Waals surface area contributed by atoms with Crippen molar-refractivity contribution in [3.8, 4) is 0 Å². The molecule has 0 atom stereocenters. The van der Waals surface area contributed by atoms with Crippen molar-refractivity contribution in [1.29, 1.82) is 0 Å². The van der Waals surface area contributed by atoms with Crippen molar-refractivity contribution in [1.82, 2.24) is 4.90 Å². The smallest absolute Gasteiger partial charge is 0.000672 e. The predicted octanol–water partition coefficient (Wildman–Crippen LogP) is 5.36. The molecule has 0 amide bonds. The molecule has 0 aliphatic carbocycles. The molecule has 0 aromatic rings. The quantitative estimate of drug-likeness (QED) is 0.366. The van der Waals surface area contributed by atoms with Crippen molar-refractivity contribution in [2.75, 3.05) is 26.2 Å². The number of nitrogens with two attached hydrogens (primary N) is 1. The van der Waals surface area contributed by atoms with Gasteiger partial charge in [0.05, 0.1) is 0 Å². The van der Waals surface area contributed by atoms with Crippen LogP contribution in [0.3, 0.4) is 0 Å². The fraction of sp³-hybridized carbons (Fsp3) is 1.00. The Hall–Kier alpha value is -0.0800. The van der Waals surface area contributed by atoms with Crippen molar-refractivity contribution in [2.24, 2.45) is 5.73 Å². The Labute approximate surface area is 134 Å². The molecular weight excluding hydrogens is 256 g/mol. The van der Waals surface area contributed by atoms with Crippen molar-refractivity contribution >= 4 is 0 Å². The van der Waals surface area contributed by atoms with Gasteiger partial charge in [-0.3, -0.25) is 0 Å². The summed E-state index contributed by atoms with van der Waals surface area (Å²) in [6.07, 6.45) is 18.1. The average molecular weight is 299 g/mol. The van der Waals surface area contributed by atoms with E-state index >= 15 is 0 Å². The molecule has 0 bridgehead atoms. The summed E-state index contributed by atoms with van der Waals surface area (Å²) in [5.74, 6) is 0. The summed E-state index contributed by atoms with van der Waals surface area (Å²) < 4.78 is 0. The first-order chi connectivity index (χ1) is 10.3. The minimum absolute atomic E-state index is 0.834. The highest BCUT2D eigenvalue weighted by Gasteiger charge is 2.03. The van der Waals surface area contributed by atoms with Gasteiger partial charge >= 0.3 is 0 Å². The molecule has 0 rings (SSSR count). The fourth-order valence-corrected chi connectivity index (χ4v) is 2.85. The van der Waals surface area contributed by atoms with E-state index in [0.29, 0.717) is 0 Å². The summed E-state index contributed by atoms with van der Waals surface area (Å²) in [6.45, 7) is 9.16. The number of nitrogens with zero attached hydrogens (tertiary/aromatic N) is 1. The third-order valence-electron chi connectivity index (χ3n) is 4.33. The Kier molecular flexibility index (Phi) is 17.9.